The fraction of sp³-hybridized carbons (Fsp3) is 0.143. The van der Waals surface area contributed by atoms with Gasteiger partial charge in [-0.05, 0) is 6.08 Å². The van der Waals surface area contributed by atoms with Gasteiger partial charge in [0.05, 0.1) is 13.2 Å². The first kappa shape index (κ1) is 7.53. The molecule has 11 heavy (non-hydrogen) atoms. The molecule has 0 bridgehead atoms. The second-order valence-corrected chi connectivity index (χ2v) is 1.82. The molecule has 4 heteroatoms. The van der Waals surface area contributed by atoms with Crippen molar-refractivity contribution < 1.29 is 19.1 Å². The Morgan fingerprint density at radius 3 is 2.82 bits per heavy atom. The number of methoxy groups -OCH3 is 1. The number of ether oxygens (including phenoxy) is 2. The standard InChI is InChI=1S/C7H6O4/c1-10-7(9)4-5-2-3-6(8)11-5/h2-4H,1H3/b5-4+. The Balaban J connectivity index is 2.63. The van der Waals surface area contributed by atoms with E-state index in [2.05, 4.69) is 9.47 Å². The summed E-state index contributed by atoms with van der Waals surface area (Å²) in [6.45, 7) is 0. The van der Waals surface area contributed by atoms with Gasteiger partial charge in [0, 0.05) is 6.08 Å². The van der Waals surface area contributed by atoms with E-state index in [1.165, 1.54) is 19.3 Å². The first-order valence-corrected chi connectivity index (χ1v) is 2.92. The maximum absolute atomic E-state index is 10.6. The topological polar surface area (TPSA) is 52.6 Å². The summed E-state index contributed by atoms with van der Waals surface area (Å²) in [4.78, 5) is 21.0. The van der Waals surface area contributed by atoms with Crippen molar-refractivity contribution in [2.24, 2.45) is 0 Å². The quantitative estimate of drug-likeness (QED) is 0.398. The predicted octanol–water partition coefficient (Wildman–Crippen LogP) is 0.156. The van der Waals surface area contributed by atoms with Crippen molar-refractivity contribution in [1.82, 2.24) is 0 Å². The minimum absolute atomic E-state index is 0.210. The Morgan fingerprint density at radius 1 is 1.64 bits per heavy atom. The summed E-state index contributed by atoms with van der Waals surface area (Å²) in [5.41, 5.74) is 0. The minimum atomic E-state index is -0.542. The molecule has 0 unspecified atom stereocenters. The molecular weight excluding hydrogens is 148 g/mol. The highest BCUT2D eigenvalue weighted by Gasteiger charge is 2.10. The number of hydrogen-bond donors (Lipinski definition) is 0. The van der Waals surface area contributed by atoms with Crippen molar-refractivity contribution in [2.75, 3.05) is 7.11 Å². The molecule has 1 heterocycles. The third-order valence-corrected chi connectivity index (χ3v) is 1.06. The zero-order valence-corrected chi connectivity index (χ0v) is 5.87. The van der Waals surface area contributed by atoms with Gasteiger partial charge < -0.3 is 9.47 Å². The van der Waals surface area contributed by atoms with Crippen LogP contribution in [0, 0.1) is 0 Å². The first-order chi connectivity index (χ1) is 5.22. The van der Waals surface area contributed by atoms with Crippen LogP contribution in [0.5, 0.6) is 0 Å². The smallest absolute Gasteiger partial charge is 0.336 e. The van der Waals surface area contributed by atoms with Gasteiger partial charge in [-0.15, -0.1) is 0 Å². The molecule has 58 valence electrons. The third-order valence-electron chi connectivity index (χ3n) is 1.06. The lowest BCUT2D eigenvalue weighted by Gasteiger charge is -1.93. The average Bonchev–Trinajstić information content (AvgIpc) is 2.35. The van der Waals surface area contributed by atoms with Crippen LogP contribution in [0.2, 0.25) is 0 Å². The fourth-order valence-electron chi connectivity index (χ4n) is 0.587. The molecule has 1 aliphatic rings. The molecule has 0 saturated heterocycles. The van der Waals surface area contributed by atoms with Crippen molar-refractivity contribution in [1.29, 1.82) is 0 Å². The summed E-state index contributed by atoms with van der Waals surface area (Å²) in [5, 5.41) is 0. The van der Waals surface area contributed by atoms with Crippen LogP contribution in [0.1, 0.15) is 0 Å². The van der Waals surface area contributed by atoms with E-state index in [1.54, 1.807) is 0 Å². The number of hydrogen-bond acceptors (Lipinski definition) is 4. The molecular formula is C7H6O4. The van der Waals surface area contributed by atoms with Crippen LogP contribution < -0.4 is 0 Å². The van der Waals surface area contributed by atoms with Gasteiger partial charge >= 0.3 is 11.9 Å². The van der Waals surface area contributed by atoms with Crippen LogP contribution in [0.25, 0.3) is 0 Å². The van der Waals surface area contributed by atoms with Gasteiger partial charge in [-0.25, -0.2) is 9.59 Å². The van der Waals surface area contributed by atoms with Gasteiger partial charge in [-0.1, -0.05) is 0 Å². The highest BCUT2D eigenvalue weighted by molar-refractivity contribution is 5.89. The Morgan fingerprint density at radius 2 is 2.36 bits per heavy atom. The third kappa shape index (κ3) is 1.93. The second kappa shape index (κ2) is 3.01. The van der Waals surface area contributed by atoms with Crippen molar-refractivity contribution in [3.63, 3.8) is 0 Å². The van der Waals surface area contributed by atoms with Gasteiger partial charge in [0.25, 0.3) is 0 Å². The van der Waals surface area contributed by atoms with E-state index in [-0.39, 0.29) is 5.76 Å². The lowest BCUT2D eigenvalue weighted by Crippen LogP contribution is -1.98. The SMILES string of the molecule is COC(=O)/C=C1\C=CC(=O)O1. The first-order valence-electron chi connectivity index (χ1n) is 2.92. The Kier molecular flexibility index (Phi) is 2.06. The number of cyclic esters (lactones) is 1. The molecule has 1 aliphatic heterocycles. The van der Waals surface area contributed by atoms with Crippen LogP contribution in [0.15, 0.2) is 24.0 Å². The summed E-state index contributed by atoms with van der Waals surface area (Å²) in [6, 6.07) is 0. The van der Waals surface area contributed by atoms with E-state index in [0.717, 1.165) is 6.08 Å². The maximum Gasteiger partial charge on any atom is 0.336 e. The highest BCUT2D eigenvalue weighted by atomic mass is 16.5. The molecule has 0 saturated carbocycles. The molecule has 0 aromatic heterocycles. The van der Waals surface area contributed by atoms with Crippen LogP contribution in [0.3, 0.4) is 0 Å². The highest BCUT2D eigenvalue weighted by Crippen LogP contribution is 2.08. The van der Waals surface area contributed by atoms with E-state index in [9.17, 15) is 9.59 Å². The average molecular weight is 154 g/mol. The summed E-state index contributed by atoms with van der Waals surface area (Å²) in [5.74, 6) is -0.804. The van der Waals surface area contributed by atoms with Crippen molar-refractivity contribution in [3.8, 4) is 0 Å². The molecule has 0 aromatic carbocycles. The molecule has 0 spiro atoms. The van der Waals surface area contributed by atoms with Gasteiger partial charge in [-0.3, -0.25) is 0 Å². The number of carbonyl (C=O) groups is 2. The van der Waals surface area contributed by atoms with Crippen LogP contribution in [-0.2, 0) is 19.1 Å². The number of carbonyl (C=O) groups excluding carboxylic acids is 2. The molecule has 0 atom stereocenters. The normalized spacial score (nSPS) is 18.6. The predicted molar refractivity (Wildman–Crippen MR) is 35.3 cm³/mol. The molecule has 0 aliphatic carbocycles. The molecule has 0 amide bonds. The summed E-state index contributed by atoms with van der Waals surface area (Å²) in [6.07, 6.45) is 3.73. The Hall–Kier alpha value is -1.58. The van der Waals surface area contributed by atoms with Gasteiger partial charge in [0.2, 0.25) is 0 Å². The number of allylic oxidation sites excluding steroid dienone is 1. The fourth-order valence-corrected chi connectivity index (χ4v) is 0.587. The Bertz CT molecular complexity index is 249. The molecule has 0 radical (unpaired) electrons. The van der Waals surface area contributed by atoms with Crippen molar-refractivity contribution in [2.45, 2.75) is 0 Å². The molecule has 0 N–H and O–H groups in total. The van der Waals surface area contributed by atoms with Gasteiger partial charge in [-0.2, -0.15) is 0 Å². The van der Waals surface area contributed by atoms with Crippen molar-refractivity contribution >= 4 is 11.9 Å². The van der Waals surface area contributed by atoms with Crippen LogP contribution >= 0.6 is 0 Å². The lowest BCUT2D eigenvalue weighted by atomic mass is 10.4. The zero-order valence-electron chi connectivity index (χ0n) is 5.87. The largest absolute Gasteiger partial charge is 0.466 e. The molecule has 0 aromatic rings. The molecule has 1 rings (SSSR count). The lowest BCUT2D eigenvalue weighted by molar-refractivity contribution is -0.135. The van der Waals surface area contributed by atoms with Crippen molar-refractivity contribution in [3.05, 3.63) is 24.0 Å². The number of esters is 2. The summed E-state index contributed by atoms with van der Waals surface area (Å²) < 4.78 is 8.85. The summed E-state index contributed by atoms with van der Waals surface area (Å²) >= 11 is 0. The number of rotatable bonds is 1. The van der Waals surface area contributed by atoms with E-state index in [4.69, 9.17) is 0 Å². The van der Waals surface area contributed by atoms with E-state index in [1.807, 2.05) is 0 Å². The van der Waals surface area contributed by atoms with E-state index >= 15 is 0 Å². The van der Waals surface area contributed by atoms with E-state index < -0.39 is 11.9 Å². The molecule has 4 nitrogen and oxygen atoms in total. The zero-order chi connectivity index (χ0) is 8.27. The maximum atomic E-state index is 10.6. The van der Waals surface area contributed by atoms with E-state index in [0.29, 0.717) is 0 Å². The van der Waals surface area contributed by atoms with Crippen LogP contribution in [-0.4, -0.2) is 19.0 Å². The monoisotopic (exact) mass is 154 g/mol. The molecule has 0 fully saturated rings. The minimum Gasteiger partial charge on any atom is -0.466 e. The second-order valence-electron chi connectivity index (χ2n) is 1.82. The van der Waals surface area contributed by atoms with Gasteiger partial charge in [0.1, 0.15) is 5.76 Å². The van der Waals surface area contributed by atoms with Gasteiger partial charge in [0.15, 0.2) is 0 Å². The summed E-state index contributed by atoms with van der Waals surface area (Å²) in [7, 11) is 1.25. The Labute approximate surface area is 63.1 Å². The van der Waals surface area contributed by atoms with Crippen LogP contribution in [0.4, 0.5) is 0 Å².